The molecule has 2 nitrogen and oxygen atoms in total. The number of aromatic nitrogens is 1. The molecule has 0 bridgehead atoms. The van der Waals surface area contributed by atoms with E-state index in [1.807, 2.05) is 11.3 Å². The highest BCUT2D eigenvalue weighted by molar-refractivity contribution is 7.26. The third-order valence-electron chi connectivity index (χ3n) is 11.9. The third-order valence-corrected chi connectivity index (χ3v) is 13.0. The number of thiophene rings is 1. The Morgan fingerprint density at radius 2 is 0.836 bits per heavy atom. The van der Waals surface area contributed by atoms with E-state index in [4.69, 9.17) is 4.42 Å². The minimum absolute atomic E-state index is 0.897. The van der Waals surface area contributed by atoms with Crippen LogP contribution in [0.2, 0.25) is 0 Å². The largest absolute Gasteiger partial charge is 0.456 e. The van der Waals surface area contributed by atoms with E-state index in [9.17, 15) is 0 Å². The standard InChI is InChI=1S/C52H29NOS/c1-2-10-31-26-51-45(25-30(31)9-1)46-28-41-36-12-4-3-11-35(36)40-23-32(17-20-37(40)42(41)29-52(46)55-51)33-18-21-49-43(24-33)44-27-34(19-22-50(44)54-49)53-47-15-7-5-13-38(47)39-14-6-8-16-48(39)53/h1-29H. The highest BCUT2D eigenvalue weighted by Gasteiger charge is 2.17. The van der Waals surface area contributed by atoms with Gasteiger partial charge in [-0.15, -0.1) is 11.3 Å². The first-order valence-electron chi connectivity index (χ1n) is 18.8. The van der Waals surface area contributed by atoms with Crippen molar-refractivity contribution in [3.05, 3.63) is 176 Å². The van der Waals surface area contributed by atoms with E-state index >= 15 is 0 Å². The molecule has 0 aliphatic rings. The van der Waals surface area contributed by atoms with E-state index in [2.05, 4.69) is 180 Å². The van der Waals surface area contributed by atoms with Crippen molar-refractivity contribution in [2.45, 2.75) is 0 Å². The molecule has 0 spiro atoms. The fourth-order valence-corrected chi connectivity index (χ4v) is 10.5. The molecule has 0 radical (unpaired) electrons. The van der Waals surface area contributed by atoms with Crippen LogP contribution in [0.4, 0.5) is 0 Å². The second kappa shape index (κ2) is 10.8. The van der Waals surface area contributed by atoms with Crippen LogP contribution in [0.1, 0.15) is 0 Å². The zero-order valence-electron chi connectivity index (χ0n) is 29.5. The van der Waals surface area contributed by atoms with Crippen LogP contribution in [0.5, 0.6) is 0 Å². The molecule has 13 aromatic rings. The molecular formula is C52H29NOS. The fraction of sp³-hybridized carbons (Fsp3) is 0. The second-order valence-corrected chi connectivity index (χ2v) is 15.9. The highest BCUT2D eigenvalue weighted by atomic mass is 32.1. The van der Waals surface area contributed by atoms with Gasteiger partial charge in [0.1, 0.15) is 11.2 Å². The molecular weight excluding hydrogens is 687 g/mol. The molecule has 0 aliphatic carbocycles. The van der Waals surface area contributed by atoms with Crippen LogP contribution in [-0.4, -0.2) is 4.57 Å². The van der Waals surface area contributed by atoms with Gasteiger partial charge in [0.25, 0.3) is 0 Å². The molecule has 13 rings (SSSR count). The van der Waals surface area contributed by atoms with E-state index in [0.29, 0.717) is 0 Å². The van der Waals surface area contributed by atoms with Crippen molar-refractivity contribution in [1.82, 2.24) is 4.57 Å². The van der Waals surface area contributed by atoms with E-state index in [-0.39, 0.29) is 0 Å². The lowest BCUT2D eigenvalue weighted by Gasteiger charge is -2.13. The van der Waals surface area contributed by atoms with E-state index in [1.54, 1.807) is 0 Å². The number of hydrogen-bond donors (Lipinski definition) is 0. The summed E-state index contributed by atoms with van der Waals surface area (Å²) in [7, 11) is 0. The molecule has 254 valence electrons. The zero-order chi connectivity index (χ0) is 35.8. The average molecular weight is 716 g/mol. The second-order valence-electron chi connectivity index (χ2n) is 14.9. The maximum atomic E-state index is 6.44. The van der Waals surface area contributed by atoms with Crippen molar-refractivity contribution in [1.29, 1.82) is 0 Å². The maximum Gasteiger partial charge on any atom is 0.135 e. The van der Waals surface area contributed by atoms with Crippen LogP contribution >= 0.6 is 11.3 Å². The molecule has 3 heterocycles. The van der Waals surface area contributed by atoms with Crippen molar-refractivity contribution in [2.24, 2.45) is 0 Å². The molecule has 0 fully saturated rings. The maximum absolute atomic E-state index is 6.44. The van der Waals surface area contributed by atoms with Gasteiger partial charge in [0.05, 0.1) is 11.0 Å². The number of fused-ring (bicyclic) bond motifs is 16. The van der Waals surface area contributed by atoms with Gasteiger partial charge >= 0.3 is 0 Å². The number of para-hydroxylation sites is 2. The van der Waals surface area contributed by atoms with Gasteiger partial charge in [0, 0.05) is 47.4 Å². The van der Waals surface area contributed by atoms with Crippen LogP contribution in [0.15, 0.2) is 180 Å². The van der Waals surface area contributed by atoms with Crippen LogP contribution in [0, 0.1) is 0 Å². The summed E-state index contributed by atoms with van der Waals surface area (Å²) < 4.78 is 11.5. The monoisotopic (exact) mass is 715 g/mol. The summed E-state index contributed by atoms with van der Waals surface area (Å²) in [5.41, 5.74) is 7.70. The van der Waals surface area contributed by atoms with Crippen LogP contribution in [0.3, 0.4) is 0 Å². The Bertz CT molecular complexity index is 3730. The molecule has 3 aromatic heterocycles. The first-order chi connectivity index (χ1) is 27.2. The molecule has 0 amide bonds. The summed E-state index contributed by atoms with van der Waals surface area (Å²) in [6, 6.07) is 64.8. The molecule has 0 N–H and O–H groups in total. The molecule has 0 saturated heterocycles. The van der Waals surface area contributed by atoms with Gasteiger partial charge in [-0.3, -0.25) is 0 Å². The van der Waals surface area contributed by atoms with Gasteiger partial charge in [0.15, 0.2) is 0 Å². The van der Waals surface area contributed by atoms with Gasteiger partial charge in [0.2, 0.25) is 0 Å². The van der Waals surface area contributed by atoms with E-state index in [0.717, 1.165) is 27.6 Å². The van der Waals surface area contributed by atoms with Gasteiger partial charge in [-0.1, -0.05) is 103 Å². The van der Waals surface area contributed by atoms with Crippen molar-refractivity contribution >= 4 is 118 Å². The van der Waals surface area contributed by atoms with Gasteiger partial charge < -0.3 is 8.98 Å². The Hall–Kier alpha value is -6.94. The van der Waals surface area contributed by atoms with Crippen molar-refractivity contribution in [3.63, 3.8) is 0 Å². The molecule has 10 aromatic carbocycles. The van der Waals surface area contributed by atoms with Crippen LogP contribution in [-0.2, 0) is 0 Å². The minimum atomic E-state index is 0.897. The Balaban J connectivity index is 1.00. The van der Waals surface area contributed by atoms with Crippen LogP contribution in [0.25, 0.3) is 124 Å². The summed E-state index contributed by atoms with van der Waals surface area (Å²) in [4.78, 5) is 0. The predicted octanol–water partition coefficient (Wildman–Crippen LogP) is 15.3. The normalized spacial score (nSPS) is 12.4. The quantitative estimate of drug-likeness (QED) is 0.163. The van der Waals surface area contributed by atoms with E-state index < -0.39 is 0 Å². The summed E-state index contributed by atoms with van der Waals surface area (Å²) in [6.45, 7) is 0. The lowest BCUT2D eigenvalue weighted by atomic mass is 9.91. The Labute approximate surface area is 318 Å². The number of benzene rings is 10. The Morgan fingerprint density at radius 1 is 0.327 bits per heavy atom. The fourth-order valence-electron chi connectivity index (χ4n) is 9.37. The van der Waals surface area contributed by atoms with Crippen molar-refractivity contribution in [2.75, 3.05) is 0 Å². The first-order valence-corrected chi connectivity index (χ1v) is 19.6. The van der Waals surface area contributed by atoms with Crippen molar-refractivity contribution < 1.29 is 4.42 Å². The number of furan rings is 1. The minimum Gasteiger partial charge on any atom is -0.456 e. The summed E-state index contributed by atoms with van der Waals surface area (Å²) in [5, 5.41) is 17.8. The summed E-state index contributed by atoms with van der Waals surface area (Å²) >= 11 is 1.90. The molecule has 0 unspecified atom stereocenters. The molecule has 0 saturated carbocycles. The number of hydrogen-bond acceptors (Lipinski definition) is 2. The SMILES string of the molecule is c1ccc2cc3c(cc2c1)sc1cc2c4ccc(-c5ccc6oc7ccc(-n8c9ccccc9c9ccccc98)cc7c6c5)cc4c4ccccc4c2cc13. The zero-order valence-corrected chi connectivity index (χ0v) is 30.3. The van der Waals surface area contributed by atoms with Gasteiger partial charge in [-0.2, -0.15) is 0 Å². The Kier molecular flexibility index (Phi) is 5.80. The van der Waals surface area contributed by atoms with Gasteiger partial charge in [-0.25, -0.2) is 0 Å². The molecule has 0 atom stereocenters. The topological polar surface area (TPSA) is 18.1 Å². The van der Waals surface area contributed by atoms with Crippen molar-refractivity contribution in [3.8, 4) is 16.8 Å². The van der Waals surface area contributed by atoms with Crippen LogP contribution < -0.4 is 0 Å². The average Bonchev–Trinajstić information content (AvgIpc) is 3.90. The van der Waals surface area contributed by atoms with Gasteiger partial charge in [-0.05, 0) is 127 Å². The highest BCUT2D eigenvalue weighted by Crippen LogP contribution is 2.44. The molecule has 3 heteroatoms. The first kappa shape index (κ1) is 29.5. The predicted molar refractivity (Wildman–Crippen MR) is 236 cm³/mol. The number of rotatable bonds is 2. The molecule has 55 heavy (non-hydrogen) atoms. The third kappa shape index (κ3) is 4.13. The lowest BCUT2D eigenvalue weighted by molar-refractivity contribution is 0.669. The van der Waals surface area contributed by atoms with E-state index in [1.165, 1.54) is 96.2 Å². The Morgan fingerprint density at radius 3 is 1.58 bits per heavy atom. The molecule has 0 aliphatic heterocycles. The summed E-state index contributed by atoms with van der Waals surface area (Å²) in [6.07, 6.45) is 0. The lowest BCUT2D eigenvalue weighted by Crippen LogP contribution is -1.93. The number of nitrogens with zero attached hydrogens (tertiary/aromatic N) is 1. The summed E-state index contributed by atoms with van der Waals surface area (Å²) in [5.74, 6) is 0. The smallest absolute Gasteiger partial charge is 0.135 e.